The van der Waals surface area contributed by atoms with E-state index in [1.165, 1.54) is 10.9 Å². The van der Waals surface area contributed by atoms with Crippen molar-refractivity contribution in [2.45, 2.75) is 31.6 Å². The number of hydrogen-bond donors (Lipinski definition) is 1. The predicted molar refractivity (Wildman–Crippen MR) is 117 cm³/mol. The molecule has 5 heterocycles. The van der Waals surface area contributed by atoms with Gasteiger partial charge in [0.2, 0.25) is 0 Å². The lowest BCUT2D eigenvalue weighted by Crippen LogP contribution is -2.53. The molecule has 0 unspecified atom stereocenters. The number of aromatic nitrogens is 2. The van der Waals surface area contributed by atoms with Crippen molar-refractivity contribution in [3.63, 3.8) is 0 Å². The Morgan fingerprint density at radius 3 is 2.87 bits per heavy atom. The molecule has 3 fully saturated rings. The van der Waals surface area contributed by atoms with Crippen LogP contribution < -0.4 is 4.90 Å². The van der Waals surface area contributed by atoms with Crippen LogP contribution in [0.3, 0.4) is 0 Å². The van der Waals surface area contributed by atoms with Crippen LogP contribution in [-0.2, 0) is 17.7 Å². The van der Waals surface area contributed by atoms with E-state index < -0.39 is 0 Å². The van der Waals surface area contributed by atoms with Crippen molar-refractivity contribution in [2.24, 2.45) is 11.8 Å². The zero-order valence-electron chi connectivity index (χ0n) is 17.8. The second-order valence-corrected chi connectivity index (χ2v) is 9.16. The first-order chi connectivity index (χ1) is 15.2. The van der Waals surface area contributed by atoms with E-state index in [1.807, 2.05) is 24.3 Å². The van der Waals surface area contributed by atoms with Crippen LogP contribution in [0.1, 0.15) is 18.2 Å². The molecule has 3 saturated heterocycles. The van der Waals surface area contributed by atoms with Gasteiger partial charge in [0.15, 0.2) is 5.82 Å². The van der Waals surface area contributed by atoms with E-state index in [0.29, 0.717) is 5.92 Å². The number of aryl methyl sites for hydroxylation is 1. The van der Waals surface area contributed by atoms with E-state index in [-0.39, 0.29) is 24.2 Å². The van der Waals surface area contributed by atoms with E-state index in [0.717, 1.165) is 56.3 Å². The van der Waals surface area contributed by atoms with Crippen LogP contribution in [0, 0.1) is 11.8 Å². The molecule has 6 rings (SSSR count). The fraction of sp³-hybridized carbons (Fsp3) is 0.500. The highest BCUT2D eigenvalue weighted by atomic mass is 16.5. The summed E-state index contributed by atoms with van der Waals surface area (Å²) < 4.78 is 12.8. The smallest absolute Gasteiger partial charge is 0.151 e. The molecular formula is C24H28N4O3. The second-order valence-electron chi connectivity index (χ2n) is 9.16. The number of morpholine rings is 1. The van der Waals surface area contributed by atoms with Gasteiger partial charge < -0.3 is 19.2 Å². The van der Waals surface area contributed by atoms with E-state index in [4.69, 9.17) is 9.15 Å². The molecule has 7 heteroatoms. The van der Waals surface area contributed by atoms with Crippen molar-refractivity contribution in [3.05, 3.63) is 53.9 Å². The highest BCUT2D eigenvalue weighted by Crippen LogP contribution is 2.50. The summed E-state index contributed by atoms with van der Waals surface area (Å²) in [4.78, 5) is 4.78. The number of furan rings is 1. The Morgan fingerprint density at radius 2 is 2.06 bits per heavy atom. The third-order valence-corrected chi connectivity index (χ3v) is 7.44. The van der Waals surface area contributed by atoms with Crippen LogP contribution in [0.15, 0.2) is 47.0 Å². The number of para-hydroxylation sites is 1. The number of aliphatic hydroxyl groups excluding tert-OH is 1. The topological polar surface area (TPSA) is 74.9 Å². The van der Waals surface area contributed by atoms with Gasteiger partial charge in [0.25, 0.3) is 0 Å². The molecule has 1 aromatic carbocycles. The number of nitrogens with zero attached hydrogens (tertiary/aromatic N) is 4. The summed E-state index contributed by atoms with van der Waals surface area (Å²) in [6.45, 7) is 6.49. The molecule has 0 amide bonds. The van der Waals surface area contributed by atoms with Crippen LogP contribution in [0.2, 0.25) is 0 Å². The van der Waals surface area contributed by atoms with Crippen molar-refractivity contribution in [1.82, 2.24) is 15.1 Å². The largest absolute Gasteiger partial charge is 0.461 e. The minimum Gasteiger partial charge on any atom is -0.461 e. The lowest BCUT2D eigenvalue weighted by atomic mass is 9.83. The summed E-state index contributed by atoms with van der Waals surface area (Å²) >= 11 is 0. The maximum Gasteiger partial charge on any atom is 0.151 e. The predicted octanol–water partition coefficient (Wildman–Crippen LogP) is 2.48. The number of hydrogen-bond acceptors (Lipinski definition) is 7. The van der Waals surface area contributed by atoms with E-state index in [1.54, 1.807) is 6.20 Å². The number of anilines is 1. The Morgan fingerprint density at radius 1 is 1.16 bits per heavy atom. The third-order valence-electron chi connectivity index (χ3n) is 7.44. The third kappa shape index (κ3) is 2.98. The summed E-state index contributed by atoms with van der Waals surface area (Å²) in [5.74, 6) is 2.40. The van der Waals surface area contributed by atoms with Gasteiger partial charge in [-0.25, -0.2) is 0 Å². The van der Waals surface area contributed by atoms with E-state index in [9.17, 15) is 5.11 Å². The monoisotopic (exact) mass is 420 g/mol. The molecule has 2 aromatic heterocycles. The van der Waals surface area contributed by atoms with Crippen molar-refractivity contribution >= 4 is 16.8 Å². The van der Waals surface area contributed by atoms with Gasteiger partial charge in [-0.05, 0) is 18.2 Å². The molecule has 2 bridgehead atoms. The molecule has 3 aromatic rings. The quantitative estimate of drug-likeness (QED) is 0.680. The van der Waals surface area contributed by atoms with Crippen LogP contribution in [0.4, 0.5) is 5.82 Å². The van der Waals surface area contributed by atoms with Crippen molar-refractivity contribution in [1.29, 1.82) is 0 Å². The highest BCUT2D eigenvalue weighted by Gasteiger charge is 2.62. The van der Waals surface area contributed by atoms with Gasteiger partial charge in [0, 0.05) is 68.2 Å². The van der Waals surface area contributed by atoms with Gasteiger partial charge in [0.1, 0.15) is 16.9 Å². The van der Waals surface area contributed by atoms with Gasteiger partial charge in [-0.3, -0.25) is 4.90 Å². The Hall–Kier alpha value is -2.48. The first-order valence-corrected chi connectivity index (χ1v) is 11.2. The zero-order valence-corrected chi connectivity index (χ0v) is 17.8. The number of ether oxygens (including phenoxy) is 1. The molecule has 0 radical (unpaired) electrons. The lowest BCUT2D eigenvalue weighted by Gasteiger charge is -2.40. The van der Waals surface area contributed by atoms with Crippen LogP contribution in [0.5, 0.6) is 0 Å². The summed E-state index contributed by atoms with van der Waals surface area (Å²) in [7, 11) is 0. The normalized spacial score (nSPS) is 30.3. The molecule has 3 aliphatic rings. The lowest BCUT2D eigenvalue weighted by molar-refractivity contribution is -0.112. The first-order valence-electron chi connectivity index (χ1n) is 11.2. The SMILES string of the molecule is CCc1oc2ccccc2c1CN1C[C@H]2O[C@]3(C1)CN(c1cccnn1)C[C@@H]3[C@@H]2CO. The average molecular weight is 421 g/mol. The van der Waals surface area contributed by atoms with Crippen molar-refractivity contribution in [2.75, 3.05) is 37.7 Å². The molecular weight excluding hydrogens is 392 g/mol. The molecule has 1 spiro atoms. The van der Waals surface area contributed by atoms with Crippen LogP contribution in [-0.4, -0.2) is 64.7 Å². The fourth-order valence-corrected chi connectivity index (χ4v) is 6.12. The highest BCUT2D eigenvalue weighted by molar-refractivity contribution is 5.82. The van der Waals surface area contributed by atoms with Gasteiger partial charge in [-0.15, -0.1) is 5.10 Å². The molecule has 4 atom stereocenters. The van der Waals surface area contributed by atoms with Gasteiger partial charge in [-0.1, -0.05) is 25.1 Å². The Bertz CT molecular complexity index is 1090. The van der Waals surface area contributed by atoms with Crippen molar-refractivity contribution < 1.29 is 14.3 Å². The molecule has 31 heavy (non-hydrogen) atoms. The Labute approximate surface area is 181 Å². The first kappa shape index (κ1) is 19.2. The number of aliphatic hydroxyl groups is 1. The van der Waals surface area contributed by atoms with E-state index >= 15 is 0 Å². The number of benzene rings is 1. The summed E-state index contributed by atoms with van der Waals surface area (Å²) in [6.07, 6.45) is 2.65. The standard InChI is InChI=1S/C24H28N4O3/c1-2-20-17(16-6-3-4-7-21(16)30-20)10-27-12-22-18(13-29)19-11-28(15-24(19,14-27)31-22)23-8-5-9-25-26-23/h3-9,18-19,22,29H,2,10-15H2,1H3/t18-,19+,22+,24+/m0/s1. The molecule has 162 valence electrons. The Kier molecular flexibility index (Phi) is 4.52. The molecule has 1 N–H and O–H groups in total. The van der Waals surface area contributed by atoms with Gasteiger partial charge >= 0.3 is 0 Å². The maximum absolute atomic E-state index is 10.2. The molecule has 7 nitrogen and oxygen atoms in total. The maximum atomic E-state index is 10.2. The van der Waals surface area contributed by atoms with E-state index in [2.05, 4.69) is 39.1 Å². The molecule has 0 saturated carbocycles. The summed E-state index contributed by atoms with van der Waals surface area (Å²) in [6, 6.07) is 12.2. The van der Waals surface area contributed by atoms with Crippen LogP contribution in [0.25, 0.3) is 11.0 Å². The van der Waals surface area contributed by atoms with Gasteiger partial charge in [0.05, 0.1) is 12.6 Å². The molecule has 3 aliphatic heterocycles. The fourth-order valence-electron chi connectivity index (χ4n) is 6.12. The van der Waals surface area contributed by atoms with Gasteiger partial charge in [-0.2, -0.15) is 5.10 Å². The summed E-state index contributed by atoms with van der Waals surface area (Å²) in [5.41, 5.74) is 1.97. The average Bonchev–Trinajstić information content (AvgIpc) is 3.39. The Balaban J connectivity index is 1.30. The number of fused-ring (bicyclic) bond motifs is 2. The number of rotatable bonds is 5. The minimum atomic E-state index is -0.278. The van der Waals surface area contributed by atoms with Crippen LogP contribution >= 0.6 is 0 Å². The number of likely N-dealkylation sites (tertiary alicyclic amines) is 1. The zero-order chi connectivity index (χ0) is 21.0. The second kappa shape index (κ2) is 7.29. The van der Waals surface area contributed by atoms with Crippen molar-refractivity contribution in [3.8, 4) is 0 Å². The molecule has 0 aliphatic carbocycles. The minimum absolute atomic E-state index is 0.0657. The summed E-state index contributed by atoms with van der Waals surface area (Å²) in [5, 5.41) is 19.8.